The van der Waals surface area contributed by atoms with Gasteiger partial charge in [0.25, 0.3) is 0 Å². The first-order valence-corrected chi connectivity index (χ1v) is 6.56. The molecule has 0 aliphatic heterocycles. The van der Waals surface area contributed by atoms with E-state index in [9.17, 15) is 5.11 Å². The molecule has 0 aliphatic carbocycles. The Hall–Kier alpha value is -0.960. The molecule has 0 aliphatic rings. The van der Waals surface area contributed by atoms with Crippen LogP contribution in [0.4, 0.5) is 0 Å². The Bertz CT molecular complexity index is 477. The van der Waals surface area contributed by atoms with Gasteiger partial charge in [0.1, 0.15) is 0 Å². The number of benzene rings is 2. The molecule has 0 amide bonds. The quantitative estimate of drug-likeness (QED) is 0.878. The topological polar surface area (TPSA) is 20.2 Å². The summed E-state index contributed by atoms with van der Waals surface area (Å²) in [5, 5.41) is 10.2. The van der Waals surface area contributed by atoms with Gasteiger partial charge in [0.2, 0.25) is 0 Å². The molecule has 1 nitrogen and oxygen atoms in total. The number of aliphatic hydroxyl groups is 1. The highest BCUT2D eigenvalue weighted by Crippen LogP contribution is 2.29. The molecule has 2 aromatic rings. The summed E-state index contributed by atoms with van der Waals surface area (Å²) in [5.74, 6) is 0. The molecule has 2 rings (SSSR count). The van der Waals surface area contributed by atoms with Gasteiger partial charge in [0.15, 0.2) is 0 Å². The second kappa shape index (κ2) is 5.58. The Kier molecular flexibility index (Phi) is 4.11. The van der Waals surface area contributed by atoms with Crippen LogP contribution in [0.25, 0.3) is 0 Å². The van der Waals surface area contributed by atoms with Gasteiger partial charge in [-0.05, 0) is 48.9 Å². The van der Waals surface area contributed by atoms with Gasteiger partial charge >= 0.3 is 0 Å². The van der Waals surface area contributed by atoms with Crippen molar-refractivity contribution in [3.05, 3.63) is 59.1 Å². The van der Waals surface area contributed by atoms with E-state index in [-0.39, 0.29) is 0 Å². The van der Waals surface area contributed by atoms with Gasteiger partial charge in [0, 0.05) is 14.8 Å². The molecule has 0 heterocycles. The SMILES string of the molecule is C[C@@H](O)c1ccc(Sc2ccc(Cl)cc2)cc1. The van der Waals surface area contributed by atoms with Gasteiger partial charge in [-0.15, -0.1) is 0 Å². The van der Waals surface area contributed by atoms with Crippen LogP contribution >= 0.6 is 23.4 Å². The van der Waals surface area contributed by atoms with Crippen molar-refractivity contribution in [2.75, 3.05) is 0 Å². The number of hydrogen-bond acceptors (Lipinski definition) is 2. The van der Waals surface area contributed by atoms with E-state index in [1.807, 2.05) is 48.5 Å². The third kappa shape index (κ3) is 3.50. The van der Waals surface area contributed by atoms with Crippen molar-refractivity contribution in [2.45, 2.75) is 22.8 Å². The Labute approximate surface area is 110 Å². The predicted molar refractivity (Wildman–Crippen MR) is 72.7 cm³/mol. The van der Waals surface area contributed by atoms with Crippen molar-refractivity contribution in [1.82, 2.24) is 0 Å². The van der Waals surface area contributed by atoms with Crippen LogP contribution in [0.5, 0.6) is 0 Å². The summed E-state index contributed by atoms with van der Waals surface area (Å²) in [6.07, 6.45) is -0.412. The summed E-state index contributed by atoms with van der Waals surface area (Å²) < 4.78 is 0. The minimum Gasteiger partial charge on any atom is -0.389 e. The smallest absolute Gasteiger partial charge is 0.0761 e. The Morgan fingerprint density at radius 3 is 1.88 bits per heavy atom. The van der Waals surface area contributed by atoms with Gasteiger partial charge in [0.05, 0.1) is 6.10 Å². The van der Waals surface area contributed by atoms with E-state index in [2.05, 4.69) is 0 Å². The zero-order chi connectivity index (χ0) is 12.3. The van der Waals surface area contributed by atoms with Gasteiger partial charge < -0.3 is 5.11 Å². The van der Waals surface area contributed by atoms with Crippen LogP contribution in [0.1, 0.15) is 18.6 Å². The van der Waals surface area contributed by atoms with E-state index >= 15 is 0 Å². The van der Waals surface area contributed by atoms with E-state index in [0.29, 0.717) is 0 Å². The molecule has 0 aromatic heterocycles. The first-order valence-electron chi connectivity index (χ1n) is 5.36. The van der Waals surface area contributed by atoms with Crippen LogP contribution in [0, 0.1) is 0 Å². The lowest BCUT2D eigenvalue weighted by molar-refractivity contribution is 0.199. The monoisotopic (exact) mass is 264 g/mol. The zero-order valence-corrected chi connectivity index (χ0v) is 11.0. The fraction of sp³-hybridized carbons (Fsp3) is 0.143. The van der Waals surface area contributed by atoms with Crippen LogP contribution in [0.3, 0.4) is 0 Å². The molecule has 0 saturated heterocycles. The molecule has 0 unspecified atom stereocenters. The first kappa shape index (κ1) is 12.5. The molecule has 1 N–H and O–H groups in total. The van der Waals surface area contributed by atoms with Gasteiger partial charge in [-0.1, -0.05) is 35.5 Å². The van der Waals surface area contributed by atoms with Crippen molar-refractivity contribution in [3.8, 4) is 0 Å². The maximum Gasteiger partial charge on any atom is 0.0761 e. The summed E-state index contributed by atoms with van der Waals surface area (Å²) in [4.78, 5) is 2.30. The number of halogens is 1. The fourth-order valence-electron chi connectivity index (χ4n) is 1.45. The number of hydrogen-bond donors (Lipinski definition) is 1. The lowest BCUT2D eigenvalue weighted by atomic mass is 10.1. The second-order valence-electron chi connectivity index (χ2n) is 3.80. The third-order valence-corrected chi connectivity index (χ3v) is 3.68. The van der Waals surface area contributed by atoms with Crippen molar-refractivity contribution in [2.24, 2.45) is 0 Å². The van der Waals surface area contributed by atoms with Crippen LogP contribution in [-0.4, -0.2) is 5.11 Å². The van der Waals surface area contributed by atoms with Crippen molar-refractivity contribution >= 4 is 23.4 Å². The van der Waals surface area contributed by atoms with Crippen molar-refractivity contribution < 1.29 is 5.11 Å². The summed E-state index contributed by atoms with van der Waals surface area (Å²) >= 11 is 7.51. The summed E-state index contributed by atoms with van der Waals surface area (Å²) in [6, 6.07) is 15.7. The van der Waals surface area contributed by atoms with Gasteiger partial charge in [-0.2, -0.15) is 0 Å². The first-order chi connectivity index (χ1) is 8.15. The molecule has 0 radical (unpaired) electrons. The Morgan fingerprint density at radius 2 is 1.41 bits per heavy atom. The number of rotatable bonds is 3. The summed E-state index contributed by atoms with van der Waals surface area (Å²) in [6.45, 7) is 1.77. The molecular formula is C14H13ClOS. The highest BCUT2D eigenvalue weighted by atomic mass is 35.5. The molecule has 3 heteroatoms. The average molecular weight is 265 g/mol. The molecule has 0 fully saturated rings. The second-order valence-corrected chi connectivity index (χ2v) is 5.38. The van der Waals surface area contributed by atoms with Gasteiger partial charge in [-0.3, -0.25) is 0 Å². The standard InChI is InChI=1S/C14H13ClOS/c1-10(16)11-2-6-13(7-3-11)17-14-8-4-12(15)5-9-14/h2-10,16H,1H3/t10-/m1/s1. The minimum atomic E-state index is -0.412. The fourth-order valence-corrected chi connectivity index (χ4v) is 2.40. The van der Waals surface area contributed by atoms with E-state index < -0.39 is 6.10 Å². The molecule has 17 heavy (non-hydrogen) atoms. The minimum absolute atomic E-state index is 0.412. The lowest BCUT2D eigenvalue weighted by Gasteiger charge is -2.06. The van der Waals surface area contributed by atoms with E-state index in [1.165, 1.54) is 0 Å². The zero-order valence-electron chi connectivity index (χ0n) is 9.43. The molecule has 0 bridgehead atoms. The van der Waals surface area contributed by atoms with Gasteiger partial charge in [-0.25, -0.2) is 0 Å². The van der Waals surface area contributed by atoms with E-state index in [0.717, 1.165) is 20.4 Å². The number of aliphatic hydroxyl groups excluding tert-OH is 1. The third-order valence-electron chi connectivity index (χ3n) is 2.41. The average Bonchev–Trinajstić information content (AvgIpc) is 2.33. The van der Waals surface area contributed by atoms with Crippen molar-refractivity contribution in [1.29, 1.82) is 0 Å². The van der Waals surface area contributed by atoms with Crippen LogP contribution in [0.15, 0.2) is 58.3 Å². The lowest BCUT2D eigenvalue weighted by Crippen LogP contribution is -1.89. The maximum atomic E-state index is 9.41. The van der Waals surface area contributed by atoms with Crippen molar-refractivity contribution in [3.63, 3.8) is 0 Å². The predicted octanol–water partition coefficient (Wildman–Crippen LogP) is 4.54. The molecule has 88 valence electrons. The largest absolute Gasteiger partial charge is 0.389 e. The summed E-state index contributed by atoms with van der Waals surface area (Å²) in [5.41, 5.74) is 0.936. The molecule has 0 spiro atoms. The van der Waals surface area contributed by atoms with Crippen LogP contribution in [0.2, 0.25) is 5.02 Å². The highest BCUT2D eigenvalue weighted by Gasteiger charge is 2.01. The molecular weight excluding hydrogens is 252 g/mol. The normalized spacial score (nSPS) is 12.4. The van der Waals surface area contributed by atoms with Crippen LogP contribution in [-0.2, 0) is 0 Å². The Balaban J connectivity index is 2.11. The molecule has 1 atom stereocenters. The summed E-state index contributed by atoms with van der Waals surface area (Å²) in [7, 11) is 0. The van der Waals surface area contributed by atoms with Crippen LogP contribution < -0.4 is 0 Å². The highest BCUT2D eigenvalue weighted by molar-refractivity contribution is 7.99. The molecule has 0 saturated carbocycles. The van der Waals surface area contributed by atoms with E-state index in [4.69, 9.17) is 11.6 Å². The maximum absolute atomic E-state index is 9.41. The molecule has 2 aromatic carbocycles. The Morgan fingerprint density at radius 1 is 0.941 bits per heavy atom. The van der Waals surface area contributed by atoms with E-state index in [1.54, 1.807) is 18.7 Å².